The largest absolute Gasteiger partial charge is 0.484 e. The van der Waals surface area contributed by atoms with Gasteiger partial charge in [-0.05, 0) is 61.7 Å². The first kappa shape index (κ1) is 18.5. The molecule has 2 rings (SSSR count). The smallest absolute Gasteiger partial charge is 0.338 e. The number of amides is 1. The fourth-order valence-electron chi connectivity index (χ4n) is 2.30. The van der Waals surface area contributed by atoms with Gasteiger partial charge in [0, 0.05) is 5.69 Å². The number of benzene rings is 2. The molecule has 0 spiro atoms. The van der Waals surface area contributed by atoms with Crippen molar-refractivity contribution in [3.05, 3.63) is 59.2 Å². The highest BCUT2D eigenvalue weighted by atomic mass is 16.5. The molecule has 0 fully saturated rings. The van der Waals surface area contributed by atoms with Gasteiger partial charge in [0.05, 0.1) is 12.2 Å². The summed E-state index contributed by atoms with van der Waals surface area (Å²) in [5.41, 5.74) is 3.10. The van der Waals surface area contributed by atoms with Gasteiger partial charge in [0.2, 0.25) is 0 Å². The Morgan fingerprint density at radius 2 is 1.76 bits per heavy atom. The number of nitrogens with one attached hydrogen (secondary N) is 1. The summed E-state index contributed by atoms with van der Waals surface area (Å²) >= 11 is 0. The number of esters is 1. The number of hydrogen-bond acceptors (Lipinski definition) is 4. The van der Waals surface area contributed by atoms with Crippen molar-refractivity contribution in [1.82, 2.24) is 0 Å². The lowest BCUT2D eigenvalue weighted by Gasteiger charge is -2.11. The Bertz CT molecular complexity index is 738. The summed E-state index contributed by atoms with van der Waals surface area (Å²) in [6.07, 6.45) is 0.960. The Morgan fingerprint density at radius 1 is 1.04 bits per heavy atom. The number of ether oxygens (including phenoxy) is 2. The van der Waals surface area contributed by atoms with Crippen molar-refractivity contribution in [2.75, 3.05) is 18.5 Å². The van der Waals surface area contributed by atoms with Crippen LogP contribution in [0.3, 0.4) is 0 Å². The van der Waals surface area contributed by atoms with Crippen LogP contribution in [-0.2, 0) is 16.0 Å². The van der Waals surface area contributed by atoms with Crippen LogP contribution in [0.1, 0.15) is 35.3 Å². The van der Waals surface area contributed by atoms with Gasteiger partial charge in [-0.1, -0.05) is 19.1 Å². The van der Waals surface area contributed by atoms with Crippen molar-refractivity contribution in [3.8, 4) is 5.75 Å². The van der Waals surface area contributed by atoms with Crippen LogP contribution < -0.4 is 10.1 Å². The van der Waals surface area contributed by atoms with E-state index in [1.165, 1.54) is 5.56 Å². The first-order valence-corrected chi connectivity index (χ1v) is 8.32. The second kappa shape index (κ2) is 8.87. The molecule has 0 unspecified atom stereocenters. The molecule has 0 aliphatic carbocycles. The molecule has 5 heteroatoms. The van der Waals surface area contributed by atoms with Crippen molar-refractivity contribution < 1.29 is 19.1 Å². The number of carbonyl (C=O) groups excluding carboxylic acids is 2. The van der Waals surface area contributed by atoms with Gasteiger partial charge in [0.15, 0.2) is 6.61 Å². The molecule has 0 radical (unpaired) electrons. The third-order valence-corrected chi connectivity index (χ3v) is 3.71. The van der Waals surface area contributed by atoms with Crippen LogP contribution in [-0.4, -0.2) is 25.1 Å². The molecule has 0 aliphatic heterocycles. The van der Waals surface area contributed by atoms with Gasteiger partial charge in [-0.2, -0.15) is 0 Å². The molecule has 2 aromatic carbocycles. The van der Waals surface area contributed by atoms with E-state index in [1.807, 2.05) is 31.2 Å². The van der Waals surface area contributed by atoms with E-state index in [-0.39, 0.29) is 18.5 Å². The van der Waals surface area contributed by atoms with E-state index in [1.54, 1.807) is 25.1 Å². The van der Waals surface area contributed by atoms with E-state index in [0.717, 1.165) is 12.0 Å². The zero-order valence-corrected chi connectivity index (χ0v) is 14.8. The van der Waals surface area contributed by atoms with Crippen molar-refractivity contribution >= 4 is 17.6 Å². The normalized spacial score (nSPS) is 10.2. The van der Waals surface area contributed by atoms with Crippen LogP contribution in [0.4, 0.5) is 5.69 Å². The molecule has 132 valence electrons. The average Bonchev–Trinajstić information content (AvgIpc) is 2.62. The van der Waals surface area contributed by atoms with Crippen LogP contribution in [0.2, 0.25) is 0 Å². The van der Waals surface area contributed by atoms with Gasteiger partial charge in [-0.25, -0.2) is 4.79 Å². The van der Waals surface area contributed by atoms with Crippen LogP contribution in [0.25, 0.3) is 0 Å². The monoisotopic (exact) mass is 341 g/mol. The predicted molar refractivity (Wildman–Crippen MR) is 97.1 cm³/mol. The average molecular weight is 341 g/mol. The summed E-state index contributed by atoms with van der Waals surface area (Å²) in [5, 5.41) is 2.79. The number of carbonyl (C=O) groups is 2. The molecule has 0 saturated heterocycles. The predicted octanol–water partition coefficient (Wildman–Crippen LogP) is 3.75. The Labute approximate surface area is 148 Å². The fourth-order valence-corrected chi connectivity index (χ4v) is 2.30. The zero-order chi connectivity index (χ0) is 18.2. The lowest BCUT2D eigenvalue weighted by molar-refractivity contribution is -0.118. The van der Waals surface area contributed by atoms with E-state index in [2.05, 4.69) is 12.2 Å². The minimum atomic E-state index is -0.373. The molecule has 1 N–H and O–H groups in total. The molecule has 0 heterocycles. The maximum absolute atomic E-state index is 12.1. The number of hydrogen-bond donors (Lipinski definition) is 1. The van der Waals surface area contributed by atoms with E-state index in [9.17, 15) is 9.59 Å². The van der Waals surface area contributed by atoms with Crippen LogP contribution in [0.5, 0.6) is 5.75 Å². The second-order valence-electron chi connectivity index (χ2n) is 5.58. The van der Waals surface area contributed by atoms with Crippen LogP contribution >= 0.6 is 0 Å². The molecule has 0 aliphatic rings. The standard InChI is InChI=1S/C20H23NO4/c1-4-15-6-9-17(10-7-15)25-13-19(22)21-18-11-8-16(12-14(18)3)20(23)24-5-2/h6-12H,4-5,13H2,1-3H3,(H,21,22). The number of anilines is 1. The quantitative estimate of drug-likeness (QED) is 0.779. The van der Waals surface area contributed by atoms with Crippen LogP contribution in [0, 0.1) is 6.92 Å². The SMILES string of the molecule is CCOC(=O)c1ccc(NC(=O)COc2ccc(CC)cc2)c(C)c1. The molecule has 0 aromatic heterocycles. The van der Waals surface area contributed by atoms with Gasteiger partial charge < -0.3 is 14.8 Å². The first-order valence-electron chi connectivity index (χ1n) is 8.32. The van der Waals surface area contributed by atoms with Gasteiger partial charge >= 0.3 is 5.97 Å². The van der Waals surface area contributed by atoms with E-state index < -0.39 is 0 Å². The van der Waals surface area contributed by atoms with Crippen molar-refractivity contribution in [2.24, 2.45) is 0 Å². The maximum atomic E-state index is 12.1. The van der Waals surface area contributed by atoms with Crippen molar-refractivity contribution in [1.29, 1.82) is 0 Å². The van der Waals surface area contributed by atoms with Crippen LogP contribution in [0.15, 0.2) is 42.5 Å². The molecular formula is C20H23NO4. The summed E-state index contributed by atoms with van der Waals surface area (Å²) in [6.45, 7) is 5.91. The van der Waals surface area contributed by atoms with E-state index in [0.29, 0.717) is 23.6 Å². The van der Waals surface area contributed by atoms with Gasteiger partial charge in [0.25, 0.3) is 5.91 Å². The third kappa shape index (κ3) is 5.35. The highest BCUT2D eigenvalue weighted by Gasteiger charge is 2.10. The Kier molecular flexibility index (Phi) is 6.57. The van der Waals surface area contributed by atoms with E-state index in [4.69, 9.17) is 9.47 Å². The minimum Gasteiger partial charge on any atom is -0.484 e. The highest BCUT2D eigenvalue weighted by Crippen LogP contribution is 2.18. The molecule has 1 amide bonds. The Hall–Kier alpha value is -2.82. The first-order chi connectivity index (χ1) is 12.0. The van der Waals surface area contributed by atoms with Crippen molar-refractivity contribution in [3.63, 3.8) is 0 Å². The van der Waals surface area contributed by atoms with Gasteiger partial charge in [-0.15, -0.1) is 0 Å². The lowest BCUT2D eigenvalue weighted by atomic mass is 10.1. The molecule has 2 aromatic rings. The molecular weight excluding hydrogens is 318 g/mol. The maximum Gasteiger partial charge on any atom is 0.338 e. The highest BCUT2D eigenvalue weighted by molar-refractivity contribution is 5.94. The summed E-state index contributed by atoms with van der Waals surface area (Å²) < 4.78 is 10.4. The summed E-state index contributed by atoms with van der Waals surface area (Å²) in [4.78, 5) is 23.8. The summed E-state index contributed by atoms with van der Waals surface area (Å²) in [5.74, 6) is 0.0237. The Balaban J connectivity index is 1.92. The molecule has 0 bridgehead atoms. The molecule has 0 atom stereocenters. The molecule has 5 nitrogen and oxygen atoms in total. The molecule has 0 saturated carbocycles. The third-order valence-electron chi connectivity index (χ3n) is 3.71. The lowest BCUT2D eigenvalue weighted by Crippen LogP contribution is -2.20. The summed E-state index contributed by atoms with van der Waals surface area (Å²) in [6, 6.07) is 12.7. The van der Waals surface area contributed by atoms with Gasteiger partial charge in [0.1, 0.15) is 5.75 Å². The van der Waals surface area contributed by atoms with Gasteiger partial charge in [-0.3, -0.25) is 4.79 Å². The zero-order valence-electron chi connectivity index (χ0n) is 14.8. The second-order valence-corrected chi connectivity index (χ2v) is 5.58. The Morgan fingerprint density at radius 3 is 2.36 bits per heavy atom. The van der Waals surface area contributed by atoms with E-state index >= 15 is 0 Å². The topological polar surface area (TPSA) is 64.6 Å². The van der Waals surface area contributed by atoms with Crippen molar-refractivity contribution in [2.45, 2.75) is 27.2 Å². The molecule has 25 heavy (non-hydrogen) atoms. The summed E-state index contributed by atoms with van der Waals surface area (Å²) in [7, 11) is 0. The number of aryl methyl sites for hydroxylation is 2. The number of rotatable bonds is 7. The fraction of sp³-hybridized carbons (Fsp3) is 0.300. The minimum absolute atomic E-state index is 0.0788.